The first-order valence-corrected chi connectivity index (χ1v) is 11.3. The van der Waals surface area contributed by atoms with Gasteiger partial charge in [-0.2, -0.15) is 0 Å². The minimum atomic E-state index is -0.244. The highest BCUT2D eigenvalue weighted by atomic mass is 16.5. The van der Waals surface area contributed by atoms with E-state index in [4.69, 9.17) is 4.74 Å². The number of hydrogen-bond acceptors (Lipinski definition) is 4. The van der Waals surface area contributed by atoms with Crippen LogP contribution in [-0.4, -0.2) is 48.3 Å². The molecule has 1 amide bonds. The Morgan fingerprint density at radius 3 is 2.48 bits per heavy atom. The van der Waals surface area contributed by atoms with Gasteiger partial charge >= 0.3 is 0 Å². The lowest BCUT2D eigenvalue weighted by Crippen LogP contribution is -2.31. The Morgan fingerprint density at radius 2 is 1.87 bits per heavy atom. The van der Waals surface area contributed by atoms with Gasteiger partial charge in [-0.05, 0) is 64.5 Å². The second-order valence-electron chi connectivity index (χ2n) is 8.51. The number of unbranched alkanes of at least 4 members (excludes halogenated alkanes) is 2. The standard InChI is InChI=1S/C26H41NO4/c1-7-8-9-13-21-18-23(28)22(15-14-20(4)12-10-11-19(2)3)25(29)24(21)26(30)27(5)16-17-31-6/h11,14,18,28-29H,7-10,12-13,15-17H2,1-6H3/b20-14+. The molecule has 0 spiro atoms. The summed E-state index contributed by atoms with van der Waals surface area (Å²) in [6.45, 7) is 9.19. The summed E-state index contributed by atoms with van der Waals surface area (Å²) in [5.74, 6) is -0.297. The fourth-order valence-electron chi connectivity index (χ4n) is 3.44. The Kier molecular flexibility index (Phi) is 12.0. The van der Waals surface area contributed by atoms with Gasteiger partial charge in [0.1, 0.15) is 11.5 Å². The van der Waals surface area contributed by atoms with Gasteiger partial charge in [-0.1, -0.05) is 43.1 Å². The number of aromatic hydroxyl groups is 2. The maximum Gasteiger partial charge on any atom is 0.257 e. The molecule has 0 fully saturated rings. The zero-order chi connectivity index (χ0) is 23.4. The summed E-state index contributed by atoms with van der Waals surface area (Å²) in [4.78, 5) is 14.7. The van der Waals surface area contributed by atoms with E-state index in [1.165, 1.54) is 11.1 Å². The van der Waals surface area contributed by atoms with Gasteiger partial charge in [-0.3, -0.25) is 4.79 Å². The van der Waals surface area contributed by atoms with Crippen LogP contribution in [0.15, 0.2) is 29.4 Å². The molecule has 0 radical (unpaired) electrons. The Balaban J connectivity index is 3.22. The minimum absolute atomic E-state index is 0.0495. The molecule has 0 aliphatic heterocycles. The Labute approximate surface area is 188 Å². The van der Waals surface area contributed by atoms with Crippen molar-refractivity contribution in [3.05, 3.63) is 46.1 Å². The first kappa shape index (κ1) is 26.8. The molecule has 0 aromatic heterocycles. The third-order valence-electron chi connectivity index (χ3n) is 5.45. The number of methoxy groups -OCH3 is 1. The molecular formula is C26H41NO4. The molecule has 0 atom stereocenters. The molecule has 1 rings (SSSR count). The van der Waals surface area contributed by atoms with Crippen molar-refractivity contribution in [2.45, 2.75) is 72.6 Å². The zero-order valence-corrected chi connectivity index (χ0v) is 20.3. The molecule has 5 nitrogen and oxygen atoms in total. The molecule has 0 unspecified atom stereocenters. The number of hydrogen-bond donors (Lipinski definition) is 2. The maximum atomic E-state index is 13.1. The Morgan fingerprint density at radius 1 is 1.16 bits per heavy atom. The topological polar surface area (TPSA) is 70.0 Å². The third-order valence-corrected chi connectivity index (χ3v) is 5.45. The van der Waals surface area contributed by atoms with Gasteiger partial charge in [-0.15, -0.1) is 0 Å². The average Bonchev–Trinajstić information content (AvgIpc) is 2.71. The summed E-state index contributed by atoms with van der Waals surface area (Å²) < 4.78 is 5.08. The summed E-state index contributed by atoms with van der Waals surface area (Å²) >= 11 is 0. The van der Waals surface area contributed by atoms with Gasteiger partial charge in [0, 0.05) is 26.3 Å². The summed E-state index contributed by atoms with van der Waals surface area (Å²) in [5.41, 5.74) is 3.89. The molecule has 2 N–H and O–H groups in total. The van der Waals surface area contributed by atoms with Gasteiger partial charge in [0.2, 0.25) is 0 Å². The van der Waals surface area contributed by atoms with E-state index in [9.17, 15) is 15.0 Å². The smallest absolute Gasteiger partial charge is 0.257 e. The number of carbonyl (C=O) groups excluding carboxylic acids is 1. The normalized spacial score (nSPS) is 11.5. The molecule has 0 saturated heterocycles. The van der Waals surface area contributed by atoms with Crippen molar-refractivity contribution in [1.29, 1.82) is 0 Å². The van der Waals surface area contributed by atoms with Crippen LogP contribution in [0.1, 0.15) is 81.3 Å². The first-order valence-electron chi connectivity index (χ1n) is 11.3. The number of phenols is 2. The summed E-state index contributed by atoms with van der Waals surface area (Å²) in [5, 5.41) is 21.7. The molecule has 0 heterocycles. The molecule has 0 saturated carbocycles. The van der Waals surface area contributed by atoms with E-state index in [1.54, 1.807) is 25.1 Å². The molecule has 174 valence electrons. The van der Waals surface area contributed by atoms with Gasteiger partial charge in [0.25, 0.3) is 5.91 Å². The van der Waals surface area contributed by atoms with Crippen LogP contribution in [0.5, 0.6) is 11.5 Å². The van der Waals surface area contributed by atoms with Crippen LogP contribution in [0.3, 0.4) is 0 Å². The molecule has 0 aliphatic carbocycles. The number of nitrogens with zero attached hydrogens (tertiary/aromatic N) is 1. The van der Waals surface area contributed by atoms with Crippen LogP contribution in [0.2, 0.25) is 0 Å². The SMILES string of the molecule is CCCCCc1cc(O)c(C/C=C(\C)CCC=C(C)C)c(O)c1C(=O)N(C)CCOC. The quantitative estimate of drug-likeness (QED) is 0.307. The molecule has 0 aliphatic rings. The fraction of sp³-hybridized carbons (Fsp3) is 0.577. The van der Waals surface area contributed by atoms with Crippen molar-refractivity contribution in [2.24, 2.45) is 0 Å². The molecule has 1 aromatic carbocycles. The Bertz CT molecular complexity index is 776. The number of amides is 1. The highest BCUT2D eigenvalue weighted by Crippen LogP contribution is 2.36. The molecule has 5 heteroatoms. The van der Waals surface area contributed by atoms with Gasteiger partial charge in [0.15, 0.2) is 0 Å². The van der Waals surface area contributed by atoms with E-state index >= 15 is 0 Å². The minimum Gasteiger partial charge on any atom is -0.508 e. The van der Waals surface area contributed by atoms with Crippen LogP contribution in [-0.2, 0) is 17.6 Å². The molecule has 0 bridgehead atoms. The second-order valence-corrected chi connectivity index (χ2v) is 8.51. The van der Waals surface area contributed by atoms with Crippen LogP contribution < -0.4 is 0 Å². The first-order chi connectivity index (χ1) is 14.7. The van der Waals surface area contributed by atoms with E-state index in [0.29, 0.717) is 42.7 Å². The van der Waals surface area contributed by atoms with Gasteiger partial charge in [0.05, 0.1) is 12.2 Å². The maximum absolute atomic E-state index is 13.1. The predicted molar refractivity (Wildman–Crippen MR) is 128 cm³/mol. The van der Waals surface area contributed by atoms with Crippen LogP contribution in [0.4, 0.5) is 0 Å². The summed E-state index contributed by atoms with van der Waals surface area (Å²) in [7, 11) is 3.30. The number of allylic oxidation sites excluding steroid dienone is 4. The molecular weight excluding hydrogens is 390 g/mol. The van der Waals surface area contributed by atoms with E-state index < -0.39 is 0 Å². The van der Waals surface area contributed by atoms with Crippen LogP contribution >= 0.6 is 0 Å². The van der Waals surface area contributed by atoms with Crippen molar-refractivity contribution in [3.63, 3.8) is 0 Å². The fourth-order valence-corrected chi connectivity index (χ4v) is 3.44. The predicted octanol–water partition coefficient (Wildman–Crippen LogP) is 5.78. The lowest BCUT2D eigenvalue weighted by Gasteiger charge is -2.21. The number of ether oxygens (including phenoxy) is 1. The van der Waals surface area contributed by atoms with Gasteiger partial charge < -0.3 is 19.8 Å². The second kappa shape index (κ2) is 13.9. The van der Waals surface area contributed by atoms with Gasteiger partial charge in [-0.25, -0.2) is 0 Å². The van der Waals surface area contributed by atoms with E-state index in [1.807, 2.05) is 6.08 Å². The van der Waals surface area contributed by atoms with Crippen molar-refractivity contribution in [3.8, 4) is 11.5 Å². The average molecular weight is 432 g/mol. The van der Waals surface area contributed by atoms with Crippen molar-refractivity contribution < 1.29 is 19.7 Å². The highest BCUT2D eigenvalue weighted by Gasteiger charge is 2.24. The number of phenolic OH excluding ortho intramolecular Hbond substituents is 2. The molecule has 1 aromatic rings. The number of likely N-dealkylation sites (N-methyl/N-ethyl adjacent to an activating group) is 1. The highest BCUT2D eigenvalue weighted by molar-refractivity contribution is 5.99. The van der Waals surface area contributed by atoms with Crippen LogP contribution in [0.25, 0.3) is 0 Å². The number of aryl methyl sites for hydroxylation is 1. The third kappa shape index (κ3) is 8.78. The number of benzene rings is 1. The van der Waals surface area contributed by atoms with Crippen molar-refractivity contribution in [2.75, 3.05) is 27.3 Å². The lowest BCUT2D eigenvalue weighted by atomic mass is 9.94. The summed E-state index contributed by atoms with van der Waals surface area (Å²) in [6, 6.07) is 1.66. The monoisotopic (exact) mass is 431 g/mol. The van der Waals surface area contributed by atoms with Crippen LogP contribution in [0, 0.1) is 0 Å². The lowest BCUT2D eigenvalue weighted by molar-refractivity contribution is 0.0740. The molecule has 31 heavy (non-hydrogen) atoms. The van der Waals surface area contributed by atoms with E-state index in [-0.39, 0.29) is 17.4 Å². The zero-order valence-electron chi connectivity index (χ0n) is 20.3. The van der Waals surface area contributed by atoms with E-state index in [0.717, 1.165) is 32.1 Å². The van der Waals surface area contributed by atoms with Crippen molar-refractivity contribution in [1.82, 2.24) is 4.90 Å². The Hall–Kier alpha value is -2.27. The van der Waals surface area contributed by atoms with E-state index in [2.05, 4.69) is 33.8 Å². The number of rotatable bonds is 13. The van der Waals surface area contributed by atoms with Crippen molar-refractivity contribution >= 4 is 5.91 Å². The summed E-state index contributed by atoms with van der Waals surface area (Å²) in [6.07, 6.45) is 10.1. The number of carbonyl (C=O) groups is 1. The largest absolute Gasteiger partial charge is 0.508 e.